The molecule has 0 amide bonds. The number of hydrogen-bond donors (Lipinski definition) is 0. The molecule has 2 nitrogen and oxygen atoms in total. The van der Waals surface area contributed by atoms with Crippen LogP contribution >= 0.6 is 0 Å². The third-order valence-corrected chi connectivity index (χ3v) is 4.47. The van der Waals surface area contributed by atoms with E-state index in [2.05, 4.69) is 47.2 Å². The van der Waals surface area contributed by atoms with Crippen LogP contribution in [-0.4, -0.2) is 32.1 Å². The zero-order valence-corrected chi connectivity index (χ0v) is 16.4. The molecule has 0 N–H and O–H groups in total. The molecule has 3 aromatic carbocycles. The Bertz CT molecular complexity index is 949. The van der Waals surface area contributed by atoms with Crippen LogP contribution in [-0.2, 0) is 0 Å². The van der Waals surface area contributed by atoms with Gasteiger partial charge in [-0.3, -0.25) is 0 Å². The first kappa shape index (κ1) is 19.5. The fourth-order valence-electron chi connectivity index (χ4n) is 3.03. The summed E-state index contributed by atoms with van der Waals surface area (Å²) < 4.78 is 5.83. The number of likely N-dealkylation sites (N-methyl/N-ethyl adjacent to an activating group) is 1. The normalized spacial score (nSPS) is 11.6. The van der Waals surface area contributed by atoms with Crippen LogP contribution in [0.5, 0.6) is 5.75 Å². The zero-order valence-electron chi connectivity index (χ0n) is 16.4. The summed E-state index contributed by atoms with van der Waals surface area (Å²) in [6.45, 7) is 1.54. The Balaban J connectivity index is 2.01. The summed E-state index contributed by atoms with van der Waals surface area (Å²) in [7, 11) is 4.07. The Labute approximate surface area is 168 Å². The zero-order chi connectivity index (χ0) is 19.8. The number of allylic oxidation sites excluding steroid dienone is 1. The summed E-state index contributed by atoms with van der Waals surface area (Å²) in [5, 5.41) is 0. The van der Waals surface area contributed by atoms with Crippen LogP contribution in [0.25, 0.3) is 11.1 Å². The lowest BCUT2D eigenvalue weighted by Gasteiger charge is -2.15. The lowest BCUT2D eigenvalue weighted by Crippen LogP contribution is -2.19. The van der Waals surface area contributed by atoms with Gasteiger partial charge >= 0.3 is 0 Å². The number of rotatable bonds is 7. The van der Waals surface area contributed by atoms with Crippen LogP contribution in [0, 0.1) is 12.3 Å². The van der Waals surface area contributed by atoms with Gasteiger partial charge in [0.1, 0.15) is 12.4 Å². The summed E-state index contributed by atoms with van der Waals surface area (Å²) in [6.07, 6.45) is 5.97. The maximum Gasteiger partial charge on any atom is 0.119 e. The minimum absolute atomic E-state index is 0.660. The predicted molar refractivity (Wildman–Crippen MR) is 118 cm³/mol. The molecule has 140 valence electrons. The molecule has 0 radical (unpaired) electrons. The molecular formula is C26H25NO. The van der Waals surface area contributed by atoms with Crippen molar-refractivity contribution in [1.82, 2.24) is 4.90 Å². The van der Waals surface area contributed by atoms with Crippen molar-refractivity contribution < 1.29 is 4.74 Å². The van der Waals surface area contributed by atoms with Gasteiger partial charge in [-0.25, -0.2) is 0 Å². The van der Waals surface area contributed by atoms with Crippen LogP contribution in [0.15, 0.2) is 84.9 Å². The van der Waals surface area contributed by atoms with Gasteiger partial charge in [0, 0.05) is 17.7 Å². The third kappa shape index (κ3) is 4.91. The van der Waals surface area contributed by atoms with E-state index in [0.29, 0.717) is 6.61 Å². The van der Waals surface area contributed by atoms with Gasteiger partial charge in [-0.1, -0.05) is 78.7 Å². The highest BCUT2D eigenvalue weighted by Crippen LogP contribution is 2.32. The summed E-state index contributed by atoms with van der Waals surface area (Å²) in [5.41, 5.74) is 5.14. The molecule has 0 unspecified atom stereocenters. The van der Waals surface area contributed by atoms with E-state index in [1.165, 1.54) is 0 Å². The Morgan fingerprint density at radius 1 is 0.786 bits per heavy atom. The SMILES string of the molecule is C#C/C(=C(\c1ccccc1)c1ccc(OCCN(C)C)cc1)c1ccccc1. The molecule has 0 heterocycles. The number of benzene rings is 3. The lowest BCUT2D eigenvalue weighted by molar-refractivity contribution is 0.261. The van der Waals surface area contributed by atoms with E-state index in [4.69, 9.17) is 11.2 Å². The van der Waals surface area contributed by atoms with E-state index in [-0.39, 0.29) is 0 Å². The number of hydrogen-bond acceptors (Lipinski definition) is 2. The van der Waals surface area contributed by atoms with E-state index < -0.39 is 0 Å². The van der Waals surface area contributed by atoms with Gasteiger partial charge in [-0.2, -0.15) is 0 Å². The van der Waals surface area contributed by atoms with Crippen LogP contribution in [0.3, 0.4) is 0 Å². The largest absolute Gasteiger partial charge is 0.492 e. The first-order valence-corrected chi connectivity index (χ1v) is 9.38. The van der Waals surface area contributed by atoms with Crippen molar-refractivity contribution in [3.63, 3.8) is 0 Å². The second-order valence-corrected chi connectivity index (χ2v) is 6.80. The molecule has 0 aliphatic heterocycles. The fraction of sp³-hybridized carbons (Fsp3) is 0.154. The molecule has 0 bridgehead atoms. The third-order valence-electron chi connectivity index (χ3n) is 4.47. The molecule has 0 aliphatic carbocycles. The van der Waals surface area contributed by atoms with Crippen molar-refractivity contribution in [1.29, 1.82) is 0 Å². The summed E-state index contributed by atoms with van der Waals surface area (Å²) >= 11 is 0. The molecule has 2 heteroatoms. The first-order chi connectivity index (χ1) is 13.7. The first-order valence-electron chi connectivity index (χ1n) is 9.38. The van der Waals surface area contributed by atoms with E-state index >= 15 is 0 Å². The van der Waals surface area contributed by atoms with Crippen molar-refractivity contribution >= 4 is 11.1 Å². The standard InChI is InChI=1S/C26H25NO/c1-4-25(21-11-7-5-8-12-21)26(22-13-9-6-10-14-22)23-15-17-24(18-16-23)28-20-19-27(2)3/h1,5-18H,19-20H2,2-3H3/b26-25-. The number of terminal acetylenes is 1. The van der Waals surface area contributed by atoms with Crippen LogP contribution < -0.4 is 4.74 Å². The Kier molecular flexibility index (Phi) is 6.68. The highest BCUT2D eigenvalue weighted by atomic mass is 16.5. The van der Waals surface area contributed by atoms with Crippen molar-refractivity contribution in [2.24, 2.45) is 0 Å². The Morgan fingerprint density at radius 2 is 1.32 bits per heavy atom. The number of ether oxygens (including phenoxy) is 1. The van der Waals surface area contributed by atoms with Crippen LogP contribution in [0.4, 0.5) is 0 Å². The van der Waals surface area contributed by atoms with E-state index in [0.717, 1.165) is 40.1 Å². The molecule has 0 spiro atoms. The molecule has 3 aromatic rings. The Morgan fingerprint density at radius 3 is 1.86 bits per heavy atom. The lowest BCUT2D eigenvalue weighted by atomic mass is 9.90. The van der Waals surface area contributed by atoms with Crippen LogP contribution in [0.2, 0.25) is 0 Å². The summed E-state index contributed by atoms with van der Waals surface area (Å²) in [5.74, 6) is 3.78. The second kappa shape index (κ2) is 9.60. The predicted octanol–water partition coefficient (Wildman–Crippen LogP) is 5.22. The Hall–Kier alpha value is -3.28. The molecule has 0 saturated carbocycles. The smallest absolute Gasteiger partial charge is 0.119 e. The summed E-state index contributed by atoms with van der Waals surface area (Å²) in [6, 6.07) is 28.6. The average molecular weight is 367 g/mol. The maximum absolute atomic E-state index is 5.97. The molecule has 0 aromatic heterocycles. The van der Waals surface area contributed by atoms with Crippen molar-refractivity contribution in [3.05, 3.63) is 102 Å². The monoisotopic (exact) mass is 367 g/mol. The molecular weight excluding hydrogens is 342 g/mol. The quantitative estimate of drug-likeness (QED) is 0.419. The molecule has 0 aliphatic rings. The van der Waals surface area contributed by atoms with Gasteiger partial charge < -0.3 is 9.64 Å². The van der Waals surface area contributed by atoms with Gasteiger partial charge in [0.2, 0.25) is 0 Å². The minimum Gasteiger partial charge on any atom is -0.492 e. The molecule has 0 saturated heterocycles. The second-order valence-electron chi connectivity index (χ2n) is 6.80. The molecule has 3 rings (SSSR count). The molecule has 0 fully saturated rings. The van der Waals surface area contributed by atoms with Crippen molar-refractivity contribution in [2.45, 2.75) is 0 Å². The van der Waals surface area contributed by atoms with E-state index in [9.17, 15) is 0 Å². The topological polar surface area (TPSA) is 12.5 Å². The van der Waals surface area contributed by atoms with Gasteiger partial charge in [-0.05, 0) is 42.9 Å². The van der Waals surface area contributed by atoms with Gasteiger partial charge in [0.15, 0.2) is 0 Å². The minimum atomic E-state index is 0.660. The molecule has 0 atom stereocenters. The summed E-state index contributed by atoms with van der Waals surface area (Å²) in [4.78, 5) is 2.10. The maximum atomic E-state index is 5.97. The highest BCUT2D eigenvalue weighted by Gasteiger charge is 2.12. The van der Waals surface area contributed by atoms with Gasteiger partial charge in [0.05, 0.1) is 0 Å². The van der Waals surface area contributed by atoms with Crippen molar-refractivity contribution in [3.8, 4) is 18.1 Å². The highest BCUT2D eigenvalue weighted by molar-refractivity contribution is 6.04. The van der Waals surface area contributed by atoms with Gasteiger partial charge in [-0.15, -0.1) is 6.42 Å². The van der Waals surface area contributed by atoms with Gasteiger partial charge in [0.25, 0.3) is 0 Å². The van der Waals surface area contributed by atoms with Crippen LogP contribution in [0.1, 0.15) is 16.7 Å². The average Bonchev–Trinajstić information content (AvgIpc) is 2.73. The molecule has 28 heavy (non-hydrogen) atoms. The fourth-order valence-corrected chi connectivity index (χ4v) is 3.03. The van der Waals surface area contributed by atoms with Crippen molar-refractivity contribution in [2.75, 3.05) is 27.2 Å². The number of nitrogens with zero attached hydrogens (tertiary/aromatic N) is 1. The van der Waals surface area contributed by atoms with E-state index in [1.54, 1.807) is 0 Å². The van der Waals surface area contributed by atoms with E-state index in [1.807, 2.05) is 62.6 Å².